The van der Waals surface area contributed by atoms with Crippen molar-refractivity contribution >= 4 is 16.8 Å². The van der Waals surface area contributed by atoms with Gasteiger partial charge in [-0.3, -0.25) is 4.79 Å². The first-order valence-corrected chi connectivity index (χ1v) is 8.17. The maximum Gasteiger partial charge on any atom is 0.267 e. The van der Waals surface area contributed by atoms with Gasteiger partial charge in [-0.2, -0.15) is 0 Å². The number of aromatic amines is 1. The van der Waals surface area contributed by atoms with Crippen LogP contribution >= 0.6 is 0 Å². The van der Waals surface area contributed by atoms with Crippen LogP contribution in [0, 0.1) is 6.92 Å². The molecule has 0 saturated carbocycles. The lowest BCUT2D eigenvalue weighted by Crippen LogP contribution is -2.46. The van der Waals surface area contributed by atoms with Gasteiger partial charge >= 0.3 is 0 Å². The molecule has 0 radical (unpaired) electrons. The molecule has 4 heteroatoms. The normalized spacial score (nSPS) is 17.3. The Hall–Kier alpha value is -1.81. The second kappa shape index (κ2) is 6.13. The van der Waals surface area contributed by atoms with E-state index in [1.54, 1.807) is 0 Å². The Balaban J connectivity index is 1.64. The number of hydrogen-bond acceptors (Lipinski definition) is 2. The predicted molar refractivity (Wildman–Crippen MR) is 90.2 cm³/mol. The molecule has 0 bridgehead atoms. The van der Waals surface area contributed by atoms with Gasteiger partial charge in [-0.05, 0) is 51.8 Å². The number of likely N-dealkylation sites (tertiary alicyclic amines) is 1. The Morgan fingerprint density at radius 1 is 1.27 bits per heavy atom. The molecule has 2 heterocycles. The van der Waals surface area contributed by atoms with Crippen LogP contribution in [0.15, 0.2) is 24.3 Å². The van der Waals surface area contributed by atoms with Crippen molar-refractivity contribution in [3.05, 3.63) is 35.5 Å². The molecule has 0 spiro atoms. The summed E-state index contributed by atoms with van der Waals surface area (Å²) in [6.45, 7) is 8.65. The van der Waals surface area contributed by atoms with E-state index in [4.69, 9.17) is 0 Å². The summed E-state index contributed by atoms with van der Waals surface area (Å²) in [5, 5.41) is 4.27. The second-order valence-corrected chi connectivity index (χ2v) is 6.65. The summed E-state index contributed by atoms with van der Waals surface area (Å²) in [7, 11) is 0. The quantitative estimate of drug-likeness (QED) is 0.915. The zero-order valence-electron chi connectivity index (χ0n) is 13.6. The SMILES string of the molecule is Cc1ccc2[nH]c(C(=O)NC3CCN(C(C)C)CC3)cc2c1. The molecule has 2 aromatic rings. The summed E-state index contributed by atoms with van der Waals surface area (Å²) >= 11 is 0. The third-order valence-corrected chi connectivity index (χ3v) is 4.62. The smallest absolute Gasteiger partial charge is 0.267 e. The number of carbonyl (C=O) groups is 1. The Morgan fingerprint density at radius 2 is 2.00 bits per heavy atom. The second-order valence-electron chi connectivity index (χ2n) is 6.65. The molecule has 4 nitrogen and oxygen atoms in total. The number of piperidine rings is 1. The van der Waals surface area contributed by atoms with E-state index in [1.807, 2.05) is 12.1 Å². The number of nitrogens with one attached hydrogen (secondary N) is 2. The van der Waals surface area contributed by atoms with E-state index in [-0.39, 0.29) is 11.9 Å². The molecule has 1 aromatic carbocycles. The van der Waals surface area contributed by atoms with Crippen molar-refractivity contribution in [2.75, 3.05) is 13.1 Å². The van der Waals surface area contributed by atoms with Crippen molar-refractivity contribution in [1.82, 2.24) is 15.2 Å². The highest BCUT2D eigenvalue weighted by atomic mass is 16.1. The van der Waals surface area contributed by atoms with E-state index in [9.17, 15) is 4.79 Å². The number of rotatable bonds is 3. The molecule has 3 rings (SSSR count). The predicted octanol–water partition coefficient (Wildman–Crippen LogP) is 3.08. The molecule has 118 valence electrons. The summed E-state index contributed by atoms with van der Waals surface area (Å²) in [4.78, 5) is 18.1. The first-order valence-electron chi connectivity index (χ1n) is 8.17. The average molecular weight is 299 g/mol. The highest BCUT2D eigenvalue weighted by Crippen LogP contribution is 2.18. The van der Waals surface area contributed by atoms with Gasteiger partial charge in [0.15, 0.2) is 0 Å². The molecule has 1 amide bonds. The van der Waals surface area contributed by atoms with Gasteiger partial charge in [0, 0.05) is 36.1 Å². The number of amides is 1. The highest BCUT2D eigenvalue weighted by Gasteiger charge is 2.22. The molecule has 1 aliphatic rings. The molecule has 0 unspecified atom stereocenters. The molecular formula is C18H25N3O. The van der Waals surface area contributed by atoms with Gasteiger partial charge < -0.3 is 15.2 Å². The third kappa shape index (κ3) is 3.17. The van der Waals surface area contributed by atoms with Crippen molar-refractivity contribution in [2.45, 2.75) is 45.7 Å². The molecule has 1 aliphatic heterocycles. The fraction of sp³-hybridized carbons (Fsp3) is 0.500. The Bertz CT molecular complexity index is 666. The first-order chi connectivity index (χ1) is 10.5. The van der Waals surface area contributed by atoms with Crippen molar-refractivity contribution in [2.24, 2.45) is 0 Å². The average Bonchev–Trinajstić information content (AvgIpc) is 2.91. The Kier molecular flexibility index (Phi) is 4.21. The van der Waals surface area contributed by atoms with Crippen LogP contribution in [0.1, 0.15) is 42.7 Å². The maximum atomic E-state index is 12.4. The van der Waals surface area contributed by atoms with E-state index >= 15 is 0 Å². The standard InChI is InChI=1S/C18H25N3O/c1-12(2)21-8-6-15(7-9-21)19-18(22)17-11-14-10-13(3)4-5-16(14)20-17/h4-5,10-12,15,20H,6-9H2,1-3H3,(H,19,22). The topological polar surface area (TPSA) is 48.1 Å². The van der Waals surface area contributed by atoms with Gasteiger partial charge in [0.2, 0.25) is 0 Å². The minimum absolute atomic E-state index is 0.0110. The van der Waals surface area contributed by atoms with Crippen molar-refractivity contribution in [3.63, 3.8) is 0 Å². The zero-order chi connectivity index (χ0) is 15.7. The summed E-state index contributed by atoms with van der Waals surface area (Å²) in [5.74, 6) is 0.0110. The van der Waals surface area contributed by atoms with Crippen LogP contribution in [0.3, 0.4) is 0 Å². The van der Waals surface area contributed by atoms with Crippen LogP contribution in [0.25, 0.3) is 10.9 Å². The fourth-order valence-electron chi connectivity index (χ4n) is 3.20. The summed E-state index contributed by atoms with van der Waals surface area (Å²) in [6.07, 6.45) is 2.06. The molecule has 1 saturated heterocycles. The lowest BCUT2D eigenvalue weighted by atomic mass is 10.0. The van der Waals surface area contributed by atoms with Gasteiger partial charge in [-0.1, -0.05) is 11.6 Å². The van der Waals surface area contributed by atoms with Gasteiger partial charge in [0.1, 0.15) is 5.69 Å². The minimum atomic E-state index is 0.0110. The number of H-pyrrole nitrogens is 1. The van der Waals surface area contributed by atoms with Gasteiger partial charge in [0.05, 0.1) is 0 Å². The molecule has 0 atom stereocenters. The van der Waals surface area contributed by atoms with E-state index in [0.717, 1.165) is 36.8 Å². The van der Waals surface area contributed by atoms with Crippen LogP contribution in [0.5, 0.6) is 0 Å². The third-order valence-electron chi connectivity index (χ3n) is 4.62. The number of aryl methyl sites for hydroxylation is 1. The van der Waals surface area contributed by atoms with E-state index in [0.29, 0.717) is 11.7 Å². The summed E-state index contributed by atoms with van der Waals surface area (Å²) in [6, 6.07) is 9.01. The first kappa shape index (κ1) is 15.1. The zero-order valence-corrected chi connectivity index (χ0v) is 13.6. The number of fused-ring (bicyclic) bond motifs is 1. The monoisotopic (exact) mass is 299 g/mol. The molecular weight excluding hydrogens is 274 g/mol. The van der Waals surface area contributed by atoms with Gasteiger partial charge in [-0.25, -0.2) is 0 Å². The van der Waals surface area contributed by atoms with Crippen molar-refractivity contribution < 1.29 is 4.79 Å². The molecule has 0 aliphatic carbocycles. The number of hydrogen-bond donors (Lipinski definition) is 2. The lowest BCUT2D eigenvalue weighted by molar-refractivity contribution is 0.0896. The van der Waals surface area contributed by atoms with Crippen LogP contribution in [0.4, 0.5) is 0 Å². The summed E-state index contributed by atoms with van der Waals surface area (Å²) in [5.41, 5.74) is 2.89. The molecule has 22 heavy (non-hydrogen) atoms. The highest BCUT2D eigenvalue weighted by molar-refractivity contribution is 5.98. The molecule has 1 fully saturated rings. The van der Waals surface area contributed by atoms with Gasteiger partial charge in [0.25, 0.3) is 5.91 Å². The van der Waals surface area contributed by atoms with E-state index in [1.165, 1.54) is 5.56 Å². The van der Waals surface area contributed by atoms with E-state index in [2.05, 4.69) is 48.1 Å². The fourth-order valence-corrected chi connectivity index (χ4v) is 3.20. The largest absolute Gasteiger partial charge is 0.351 e. The molecule has 1 aromatic heterocycles. The van der Waals surface area contributed by atoms with Crippen LogP contribution < -0.4 is 5.32 Å². The van der Waals surface area contributed by atoms with Crippen LogP contribution in [0.2, 0.25) is 0 Å². The van der Waals surface area contributed by atoms with Crippen molar-refractivity contribution in [1.29, 1.82) is 0 Å². The number of nitrogens with zero attached hydrogens (tertiary/aromatic N) is 1. The van der Waals surface area contributed by atoms with E-state index < -0.39 is 0 Å². The van der Waals surface area contributed by atoms with Crippen molar-refractivity contribution in [3.8, 4) is 0 Å². The Morgan fingerprint density at radius 3 is 2.68 bits per heavy atom. The van der Waals surface area contributed by atoms with Crippen LogP contribution in [-0.2, 0) is 0 Å². The lowest BCUT2D eigenvalue weighted by Gasteiger charge is -2.34. The number of aromatic nitrogens is 1. The minimum Gasteiger partial charge on any atom is -0.351 e. The summed E-state index contributed by atoms with van der Waals surface area (Å²) < 4.78 is 0. The number of carbonyl (C=O) groups excluding carboxylic acids is 1. The maximum absolute atomic E-state index is 12.4. The van der Waals surface area contributed by atoms with Crippen LogP contribution in [-0.4, -0.2) is 41.0 Å². The number of benzene rings is 1. The Labute approximate surface area is 131 Å². The van der Waals surface area contributed by atoms with Gasteiger partial charge in [-0.15, -0.1) is 0 Å². The molecule has 2 N–H and O–H groups in total.